The summed E-state index contributed by atoms with van der Waals surface area (Å²) in [6.07, 6.45) is 1.64. The first-order valence-corrected chi connectivity index (χ1v) is 12.6. The van der Waals surface area contributed by atoms with Gasteiger partial charge in [-0.3, -0.25) is 4.79 Å². The molecule has 0 saturated carbocycles. The van der Waals surface area contributed by atoms with Gasteiger partial charge in [-0.25, -0.2) is 0 Å². The van der Waals surface area contributed by atoms with Gasteiger partial charge in [0.05, 0.1) is 28.7 Å². The molecular formula is C29H34BN3O4. The van der Waals surface area contributed by atoms with Crippen LogP contribution in [0.15, 0.2) is 59.2 Å². The van der Waals surface area contributed by atoms with Gasteiger partial charge in [0, 0.05) is 23.5 Å². The fraction of sp³-hybridized carbons (Fsp3) is 0.345. The van der Waals surface area contributed by atoms with Crippen LogP contribution >= 0.6 is 0 Å². The summed E-state index contributed by atoms with van der Waals surface area (Å²) < 4.78 is 18.3. The van der Waals surface area contributed by atoms with Crippen LogP contribution in [0.5, 0.6) is 0 Å². The first-order chi connectivity index (χ1) is 17.4. The Balaban J connectivity index is 1.53. The molecule has 0 radical (unpaired) electrons. The predicted octanol–water partition coefficient (Wildman–Crippen LogP) is 4.88. The van der Waals surface area contributed by atoms with Crippen LogP contribution in [0.3, 0.4) is 0 Å². The average molecular weight is 499 g/mol. The van der Waals surface area contributed by atoms with Crippen molar-refractivity contribution >= 4 is 41.1 Å². The Hall–Kier alpha value is -3.33. The largest absolute Gasteiger partial charge is 0.494 e. The molecule has 0 spiro atoms. The molecule has 0 bridgehead atoms. The fourth-order valence-corrected chi connectivity index (χ4v) is 4.63. The molecule has 1 saturated heterocycles. The number of anilines is 2. The summed E-state index contributed by atoms with van der Waals surface area (Å²) in [6.45, 7) is 10.9. The molecule has 0 unspecified atom stereocenters. The van der Waals surface area contributed by atoms with Crippen LogP contribution in [0.25, 0.3) is 11.3 Å². The lowest BCUT2D eigenvalue weighted by Crippen LogP contribution is -2.41. The number of hydrogen-bond donors (Lipinski definition) is 2. The minimum Gasteiger partial charge on any atom is -0.462 e. The van der Waals surface area contributed by atoms with Crippen molar-refractivity contribution in [2.75, 3.05) is 24.7 Å². The maximum Gasteiger partial charge on any atom is 0.494 e. The quantitative estimate of drug-likeness (QED) is 0.372. The first-order valence-electron chi connectivity index (χ1n) is 12.6. The average Bonchev–Trinajstić information content (AvgIpc) is 3.45. The van der Waals surface area contributed by atoms with Gasteiger partial charge >= 0.3 is 7.12 Å². The smallest absolute Gasteiger partial charge is 0.462 e. The number of amides is 1. The number of furan rings is 1. The second kappa shape index (κ2) is 9.21. The highest BCUT2D eigenvalue weighted by Gasteiger charge is 2.52. The van der Waals surface area contributed by atoms with Crippen LogP contribution in [-0.4, -0.2) is 43.2 Å². The molecule has 1 aromatic heterocycles. The lowest BCUT2D eigenvalue weighted by molar-refractivity contribution is -0.110. The van der Waals surface area contributed by atoms with E-state index in [1.54, 1.807) is 6.26 Å². The number of nitrogens with one attached hydrogen (secondary N) is 2. The van der Waals surface area contributed by atoms with E-state index in [0.717, 1.165) is 34.5 Å². The number of benzene rings is 2. The molecule has 3 aromatic rings. The van der Waals surface area contributed by atoms with Crippen molar-refractivity contribution in [1.82, 2.24) is 4.90 Å². The number of fused-ring (bicyclic) bond motifs is 1. The number of carbonyl (C=O) groups is 1. The third kappa shape index (κ3) is 4.72. The van der Waals surface area contributed by atoms with Crippen molar-refractivity contribution in [2.45, 2.75) is 52.4 Å². The van der Waals surface area contributed by atoms with E-state index in [4.69, 9.17) is 13.7 Å². The van der Waals surface area contributed by atoms with Crippen molar-refractivity contribution in [2.24, 2.45) is 0 Å². The molecular weight excluding hydrogens is 465 g/mol. The number of rotatable bonds is 6. The number of aryl methyl sites for hydroxylation is 1. The fourth-order valence-electron chi connectivity index (χ4n) is 4.63. The molecule has 2 N–H and O–H groups in total. The van der Waals surface area contributed by atoms with Crippen LogP contribution in [0.4, 0.5) is 11.4 Å². The molecule has 7 nitrogen and oxygen atoms in total. The van der Waals surface area contributed by atoms with Gasteiger partial charge in [-0.05, 0) is 89.6 Å². The summed E-state index contributed by atoms with van der Waals surface area (Å²) in [5.74, 6) is 0.439. The Kier molecular flexibility index (Phi) is 6.30. The molecule has 8 heteroatoms. The summed E-state index contributed by atoms with van der Waals surface area (Å²) in [5, 5.41) is 6.51. The summed E-state index contributed by atoms with van der Waals surface area (Å²) in [6, 6.07) is 15.9. The molecule has 0 atom stereocenters. The van der Waals surface area contributed by atoms with Crippen molar-refractivity contribution in [3.05, 3.63) is 77.2 Å². The maximum absolute atomic E-state index is 13.4. The van der Waals surface area contributed by atoms with E-state index in [2.05, 4.69) is 27.7 Å². The molecule has 0 aliphatic carbocycles. The van der Waals surface area contributed by atoms with Crippen LogP contribution in [0.1, 0.15) is 50.1 Å². The SMILES string of the molecule is Cc1ccoc1/C(Nc1ccc(CN(C)C)cc1)=C1/C(=O)Nc2cc(B3OC(C)(C)C(C)(C)O3)ccc21. The predicted molar refractivity (Wildman–Crippen MR) is 149 cm³/mol. The van der Waals surface area contributed by atoms with Crippen LogP contribution < -0.4 is 16.1 Å². The monoisotopic (exact) mass is 499 g/mol. The Morgan fingerprint density at radius 2 is 1.68 bits per heavy atom. The van der Waals surface area contributed by atoms with E-state index in [0.29, 0.717) is 17.0 Å². The van der Waals surface area contributed by atoms with E-state index in [9.17, 15) is 4.79 Å². The molecule has 1 amide bonds. The zero-order chi connectivity index (χ0) is 26.5. The van der Waals surface area contributed by atoms with Gasteiger partial charge in [0.1, 0.15) is 0 Å². The third-order valence-corrected chi connectivity index (χ3v) is 7.37. The molecule has 2 aliphatic heterocycles. The van der Waals surface area contributed by atoms with Crippen molar-refractivity contribution in [3.8, 4) is 0 Å². The second-order valence-corrected chi connectivity index (χ2v) is 11.1. The Morgan fingerprint density at radius 3 is 2.27 bits per heavy atom. The van der Waals surface area contributed by atoms with Crippen molar-refractivity contribution < 1.29 is 18.5 Å². The lowest BCUT2D eigenvalue weighted by atomic mass is 9.78. The molecule has 1 fully saturated rings. The van der Waals surface area contributed by atoms with E-state index in [-0.39, 0.29) is 5.91 Å². The highest BCUT2D eigenvalue weighted by atomic mass is 16.7. The second-order valence-electron chi connectivity index (χ2n) is 11.1. The Labute approximate surface area is 219 Å². The lowest BCUT2D eigenvalue weighted by Gasteiger charge is -2.32. The zero-order valence-corrected chi connectivity index (χ0v) is 22.6. The van der Waals surface area contributed by atoms with Gasteiger partial charge in [0.2, 0.25) is 0 Å². The maximum atomic E-state index is 13.4. The van der Waals surface area contributed by atoms with E-state index in [1.165, 1.54) is 5.56 Å². The summed E-state index contributed by atoms with van der Waals surface area (Å²) in [5.41, 5.74) is 5.67. The highest BCUT2D eigenvalue weighted by Crippen LogP contribution is 2.40. The first kappa shape index (κ1) is 25.3. The Morgan fingerprint density at radius 1 is 1.00 bits per heavy atom. The number of hydrogen-bond acceptors (Lipinski definition) is 6. The van der Waals surface area contributed by atoms with Gasteiger partial charge < -0.3 is 29.3 Å². The van der Waals surface area contributed by atoms with Crippen molar-refractivity contribution in [1.29, 1.82) is 0 Å². The Bertz CT molecular complexity index is 1360. The minimum atomic E-state index is -0.508. The van der Waals surface area contributed by atoms with Gasteiger partial charge in [0.15, 0.2) is 5.76 Å². The number of nitrogens with zero attached hydrogens (tertiary/aromatic N) is 1. The highest BCUT2D eigenvalue weighted by molar-refractivity contribution is 6.62. The summed E-state index contributed by atoms with van der Waals surface area (Å²) in [7, 11) is 3.58. The molecule has 37 heavy (non-hydrogen) atoms. The van der Waals surface area contributed by atoms with Gasteiger partial charge in [-0.15, -0.1) is 0 Å². The van der Waals surface area contributed by atoms with Crippen LogP contribution in [-0.2, 0) is 20.6 Å². The topological polar surface area (TPSA) is 76.0 Å². The van der Waals surface area contributed by atoms with E-state index < -0.39 is 18.3 Å². The van der Waals surface area contributed by atoms with Gasteiger partial charge in [-0.2, -0.15) is 0 Å². The summed E-state index contributed by atoms with van der Waals surface area (Å²) >= 11 is 0. The standard InChI is InChI=1S/C29H34BN3O4/c1-18-14-15-35-26(18)25(31-21-11-8-19(9-12-21)17-33(6)7)24-22-13-10-20(16-23(22)32-27(24)34)30-36-28(2,3)29(4,5)37-30/h8-16,31H,17H2,1-7H3,(H,32,34)/b25-24-. The van der Waals surface area contributed by atoms with Gasteiger partial charge in [0.25, 0.3) is 5.91 Å². The normalized spacial score (nSPS) is 19.2. The molecule has 5 rings (SSSR count). The molecule has 3 heterocycles. The molecule has 2 aliphatic rings. The van der Waals surface area contributed by atoms with Crippen LogP contribution in [0, 0.1) is 6.92 Å². The van der Waals surface area contributed by atoms with E-state index >= 15 is 0 Å². The molecule has 192 valence electrons. The van der Waals surface area contributed by atoms with Crippen LogP contribution in [0.2, 0.25) is 0 Å². The zero-order valence-electron chi connectivity index (χ0n) is 22.6. The van der Waals surface area contributed by atoms with E-state index in [1.807, 2.05) is 85.1 Å². The minimum absolute atomic E-state index is 0.191. The summed E-state index contributed by atoms with van der Waals surface area (Å²) in [4.78, 5) is 15.5. The molecule has 2 aromatic carbocycles. The van der Waals surface area contributed by atoms with Gasteiger partial charge in [-0.1, -0.05) is 24.3 Å². The van der Waals surface area contributed by atoms with Crippen molar-refractivity contribution in [3.63, 3.8) is 0 Å². The third-order valence-electron chi connectivity index (χ3n) is 7.37. The number of carbonyl (C=O) groups excluding carboxylic acids is 1.